The molecule has 35 heavy (non-hydrogen) atoms. The highest BCUT2D eigenvalue weighted by molar-refractivity contribution is 5.78. The van der Waals surface area contributed by atoms with Gasteiger partial charge in [0, 0.05) is 42.2 Å². The van der Waals surface area contributed by atoms with Crippen LogP contribution in [0.15, 0.2) is 84.9 Å². The molecule has 2 aliphatic rings. The van der Waals surface area contributed by atoms with Gasteiger partial charge < -0.3 is 10.0 Å². The molecule has 4 heteroatoms. The molecule has 1 N–H and O–H groups in total. The lowest BCUT2D eigenvalue weighted by Crippen LogP contribution is -2.68. The number of hydrogen-bond acceptors (Lipinski definition) is 3. The fourth-order valence-electron chi connectivity index (χ4n) is 5.50. The summed E-state index contributed by atoms with van der Waals surface area (Å²) in [5.41, 5.74) is 4.25. The largest absolute Gasteiger partial charge is 0.395 e. The van der Waals surface area contributed by atoms with Gasteiger partial charge in [0.2, 0.25) is 5.91 Å². The molecular formula is C31H32N2O2. The van der Waals surface area contributed by atoms with Gasteiger partial charge in [-0.15, -0.1) is 0 Å². The van der Waals surface area contributed by atoms with E-state index in [9.17, 15) is 9.90 Å². The van der Waals surface area contributed by atoms with Crippen LogP contribution < -0.4 is 0 Å². The van der Waals surface area contributed by atoms with Crippen molar-refractivity contribution in [1.29, 1.82) is 0 Å². The lowest BCUT2D eigenvalue weighted by Gasteiger charge is -2.57. The van der Waals surface area contributed by atoms with Gasteiger partial charge in [0.15, 0.2) is 0 Å². The normalized spacial score (nSPS) is 22.1. The molecule has 2 heterocycles. The van der Waals surface area contributed by atoms with Crippen LogP contribution in [-0.2, 0) is 11.2 Å². The van der Waals surface area contributed by atoms with E-state index >= 15 is 0 Å². The van der Waals surface area contributed by atoms with Gasteiger partial charge >= 0.3 is 0 Å². The number of benzene rings is 3. The van der Waals surface area contributed by atoms with Crippen molar-refractivity contribution >= 4 is 5.91 Å². The zero-order valence-corrected chi connectivity index (χ0v) is 20.0. The zero-order valence-electron chi connectivity index (χ0n) is 20.0. The van der Waals surface area contributed by atoms with E-state index in [0.717, 1.165) is 42.6 Å². The maximum atomic E-state index is 13.2. The number of rotatable bonds is 4. The molecule has 0 bridgehead atoms. The van der Waals surface area contributed by atoms with Gasteiger partial charge in [-0.1, -0.05) is 72.5 Å². The van der Waals surface area contributed by atoms with E-state index in [1.165, 1.54) is 5.56 Å². The summed E-state index contributed by atoms with van der Waals surface area (Å²) >= 11 is 0. The standard InChI is InChI=1S/C31H32N2O2/c34-23-29-31(27-17-15-25(16-18-27)14-13-24-9-3-1-4-10-24)28-22-32(19-7-8-20-33(28)29)30(35)21-26-11-5-2-6-12-26/h1-6,9-12,15-18,28-29,31,34H,7-8,19-23H2/t28-,29+,31-/m0/s1. The fourth-order valence-corrected chi connectivity index (χ4v) is 5.50. The van der Waals surface area contributed by atoms with Gasteiger partial charge in [0.05, 0.1) is 13.0 Å². The lowest BCUT2D eigenvalue weighted by atomic mass is 9.74. The summed E-state index contributed by atoms with van der Waals surface area (Å²) in [6, 6.07) is 28.8. The van der Waals surface area contributed by atoms with E-state index in [1.807, 2.05) is 65.6 Å². The summed E-state index contributed by atoms with van der Waals surface area (Å²) in [6.45, 7) is 2.63. The number of aliphatic hydroxyl groups excluding tert-OH is 1. The van der Waals surface area contributed by atoms with Crippen molar-refractivity contribution < 1.29 is 9.90 Å². The zero-order chi connectivity index (χ0) is 24.0. The van der Waals surface area contributed by atoms with Crippen LogP contribution in [0.5, 0.6) is 0 Å². The lowest BCUT2D eigenvalue weighted by molar-refractivity contribution is -0.135. The number of carbonyl (C=O) groups is 1. The molecule has 4 nitrogen and oxygen atoms in total. The quantitative estimate of drug-likeness (QED) is 0.592. The van der Waals surface area contributed by atoms with Gasteiger partial charge in [0.25, 0.3) is 0 Å². The first-order valence-corrected chi connectivity index (χ1v) is 12.6. The van der Waals surface area contributed by atoms with Crippen LogP contribution in [0.3, 0.4) is 0 Å². The molecule has 5 rings (SSSR count). The fraction of sp³-hybridized carbons (Fsp3) is 0.323. The van der Waals surface area contributed by atoms with Crippen LogP contribution in [-0.4, -0.2) is 59.1 Å². The Labute approximate surface area is 208 Å². The molecule has 3 atom stereocenters. The van der Waals surface area contributed by atoms with E-state index in [0.29, 0.717) is 13.0 Å². The van der Waals surface area contributed by atoms with Gasteiger partial charge in [0.1, 0.15) is 0 Å². The first-order valence-electron chi connectivity index (χ1n) is 12.6. The maximum absolute atomic E-state index is 13.2. The molecule has 3 aromatic carbocycles. The van der Waals surface area contributed by atoms with E-state index < -0.39 is 0 Å². The molecule has 2 fully saturated rings. The van der Waals surface area contributed by atoms with Crippen LogP contribution in [0, 0.1) is 11.8 Å². The number of carbonyl (C=O) groups excluding carboxylic acids is 1. The molecule has 0 unspecified atom stereocenters. The minimum absolute atomic E-state index is 0.102. The first-order chi connectivity index (χ1) is 17.2. The van der Waals surface area contributed by atoms with Gasteiger partial charge in [-0.05, 0) is 54.8 Å². The Bertz CT molecular complexity index is 1180. The summed E-state index contributed by atoms with van der Waals surface area (Å²) in [5, 5.41) is 10.2. The van der Waals surface area contributed by atoms with Crippen LogP contribution >= 0.6 is 0 Å². The van der Waals surface area contributed by atoms with Gasteiger partial charge in [-0.2, -0.15) is 0 Å². The Balaban J connectivity index is 1.32. The minimum atomic E-state index is 0.102. The number of nitrogens with zero attached hydrogens (tertiary/aromatic N) is 2. The topological polar surface area (TPSA) is 43.8 Å². The molecule has 0 saturated carbocycles. The average molecular weight is 465 g/mol. The van der Waals surface area contributed by atoms with Gasteiger partial charge in [-0.3, -0.25) is 9.69 Å². The number of amides is 1. The van der Waals surface area contributed by atoms with Crippen molar-refractivity contribution in [1.82, 2.24) is 9.80 Å². The van der Waals surface area contributed by atoms with E-state index in [-0.39, 0.29) is 30.5 Å². The Kier molecular flexibility index (Phi) is 7.28. The molecule has 0 spiro atoms. The summed E-state index contributed by atoms with van der Waals surface area (Å²) in [4.78, 5) is 17.6. The highest BCUT2D eigenvalue weighted by Crippen LogP contribution is 2.42. The second-order valence-electron chi connectivity index (χ2n) is 9.53. The van der Waals surface area contributed by atoms with Crippen LogP contribution in [0.1, 0.15) is 41.0 Å². The summed E-state index contributed by atoms with van der Waals surface area (Å²) < 4.78 is 0. The van der Waals surface area contributed by atoms with Crippen LogP contribution in [0.4, 0.5) is 0 Å². The third-order valence-corrected chi connectivity index (χ3v) is 7.34. The monoisotopic (exact) mass is 464 g/mol. The van der Waals surface area contributed by atoms with E-state index in [4.69, 9.17) is 0 Å². The SMILES string of the molecule is O=C(Cc1ccccc1)N1CCCCN2[C@H](CO)[C@@H](c3ccc(C#Cc4ccccc4)cc3)[C@@H]2C1. The van der Waals surface area contributed by atoms with Crippen molar-refractivity contribution in [3.05, 3.63) is 107 Å². The molecule has 0 aliphatic carbocycles. The van der Waals surface area contributed by atoms with Crippen LogP contribution in [0.2, 0.25) is 0 Å². The molecular weight excluding hydrogens is 432 g/mol. The number of hydrogen-bond donors (Lipinski definition) is 1. The number of aliphatic hydroxyl groups is 1. The van der Waals surface area contributed by atoms with Crippen molar-refractivity contribution in [3.8, 4) is 11.8 Å². The van der Waals surface area contributed by atoms with Crippen LogP contribution in [0.25, 0.3) is 0 Å². The van der Waals surface area contributed by atoms with E-state index in [2.05, 4.69) is 41.0 Å². The van der Waals surface area contributed by atoms with Crippen molar-refractivity contribution in [2.75, 3.05) is 26.2 Å². The third-order valence-electron chi connectivity index (χ3n) is 7.34. The Morgan fingerprint density at radius 3 is 2.14 bits per heavy atom. The average Bonchev–Trinajstić information content (AvgIpc) is 2.88. The summed E-state index contributed by atoms with van der Waals surface area (Å²) in [6.07, 6.45) is 2.49. The second kappa shape index (κ2) is 10.9. The highest BCUT2D eigenvalue weighted by Gasteiger charge is 2.49. The molecule has 178 valence electrons. The minimum Gasteiger partial charge on any atom is -0.395 e. The van der Waals surface area contributed by atoms with Gasteiger partial charge in [-0.25, -0.2) is 0 Å². The van der Waals surface area contributed by atoms with Crippen molar-refractivity contribution in [2.45, 2.75) is 37.3 Å². The predicted molar refractivity (Wildman–Crippen MR) is 139 cm³/mol. The van der Waals surface area contributed by atoms with E-state index in [1.54, 1.807) is 0 Å². The first kappa shape index (κ1) is 23.4. The summed E-state index contributed by atoms with van der Waals surface area (Å²) in [7, 11) is 0. The molecule has 2 saturated heterocycles. The number of fused-ring (bicyclic) bond motifs is 1. The Hall–Kier alpha value is -3.39. The third kappa shape index (κ3) is 5.32. The second-order valence-corrected chi connectivity index (χ2v) is 9.53. The molecule has 0 radical (unpaired) electrons. The molecule has 1 amide bonds. The Morgan fingerprint density at radius 2 is 1.46 bits per heavy atom. The highest BCUT2D eigenvalue weighted by atomic mass is 16.3. The smallest absolute Gasteiger partial charge is 0.227 e. The molecule has 2 aliphatic heterocycles. The predicted octanol–water partition coefficient (Wildman–Crippen LogP) is 4.08. The van der Waals surface area contributed by atoms with Crippen molar-refractivity contribution in [2.24, 2.45) is 0 Å². The van der Waals surface area contributed by atoms with Crippen molar-refractivity contribution in [3.63, 3.8) is 0 Å². The summed E-state index contributed by atoms with van der Waals surface area (Å²) in [5.74, 6) is 6.86. The molecule has 0 aromatic heterocycles. The molecule has 3 aromatic rings. The maximum Gasteiger partial charge on any atom is 0.227 e. The Morgan fingerprint density at radius 1 is 0.829 bits per heavy atom.